The first-order valence-electron chi connectivity index (χ1n) is 2.51. The fourth-order valence-corrected chi connectivity index (χ4v) is 0.656. The molecular formula is C5H10O2. The molecule has 1 aliphatic heterocycles. The van der Waals surface area contributed by atoms with Gasteiger partial charge in [0.15, 0.2) is 0 Å². The van der Waals surface area contributed by atoms with Crippen molar-refractivity contribution in [1.29, 1.82) is 0 Å². The lowest BCUT2D eigenvalue weighted by molar-refractivity contribution is 0.0435. The van der Waals surface area contributed by atoms with Gasteiger partial charge in [-0.3, -0.25) is 0 Å². The van der Waals surface area contributed by atoms with E-state index >= 15 is 0 Å². The van der Waals surface area contributed by atoms with Crippen LogP contribution >= 0.6 is 0 Å². The molecule has 1 unspecified atom stereocenters. The molecular weight excluding hydrogens is 92.1 g/mol. The minimum absolute atomic E-state index is 0.507. The minimum atomic E-state index is -0.528. The molecule has 0 radical (unpaired) electrons. The zero-order valence-electron chi connectivity index (χ0n) is 4.48. The molecule has 0 amide bonds. The molecule has 1 atom stereocenters. The first-order chi connectivity index (χ1) is 3.21. The molecule has 0 aliphatic carbocycles. The van der Waals surface area contributed by atoms with Crippen molar-refractivity contribution in [1.82, 2.24) is 0 Å². The highest BCUT2D eigenvalue weighted by Gasteiger charge is 2.25. The van der Waals surface area contributed by atoms with Gasteiger partial charge in [0.25, 0.3) is 0 Å². The van der Waals surface area contributed by atoms with Gasteiger partial charge in [-0.05, 0) is 6.92 Å². The molecule has 2 nitrogen and oxygen atoms in total. The van der Waals surface area contributed by atoms with E-state index in [9.17, 15) is 0 Å². The third kappa shape index (κ3) is 1.14. The maximum Gasteiger partial charge on any atom is 0.0874 e. The molecule has 1 saturated heterocycles. The van der Waals surface area contributed by atoms with E-state index in [0.717, 1.165) is 6.42 Å². The van der Waals surface area contributed by atoms with E-state index in [1.807, 2.05) is 0 Å². The topological polar surface area (TPSA) is 29.5 Å². The van der Waals surface area contributed by atoms with Gasteiger partial charge in [-0.25, -0.2) is 0 Å². The van der Waals surface area contributed by atoms with Crippen LogP contribution in [0.2, 0.25) is 0 Å². The third-order valence-electron chi connectivity index (χ3n) is 1.20. The van der Waals surface area contributed by atoms with E-state index in [1.165, 1.54) is 0 Å². The fraction of sp³-hybridized carbons (Fsp3) is 1.00. The molecule has 1 aliphatic rings. The fourth-order valence-electron chi connectivity index (χ4n) is 0.656. The maximum atomic E-state index is 9.07. The van der Waals surface area contributed by atoms with E-state index in [1.54, 1.807) is 6.92 Å². The van der Waals surface area contributed by atoms with Gasteiger partial charge < -0.3 is 9.84 Å². The summed E-state index contributed by atoms with van der Waals surface area (Å²) in [6.07, 6.45) is 0.785. The number of aliphatic hydroxyl groups is 1. The second-order valence-electron chi connectivity index (χ2n) is 2.30. The van der Waals surface area contributed by atoms with E-state index in [2.05, 4.69) is 0 Å². The van der Waals surface area contributed by atoms with Gasteiger partial charge in [-0.2, -0.15) is 0 Å². The zero-order valence-corrected chi connectivity index (χ0v) is 4.48. The minimum Gasteiger partial charge on any atom is -0.388 e. The first kappa shape index (κ1) is 5.06. The van der Waals surface area contributed by atoms with Crippen LogP contribution in [0.25, 0.3) is 0 Å². The number of rotatable bonds is 0. The van der Waals surface area contributed by atoms with Gasteiger partial charge in [0.05, 0.1) is 12.2 Å². The van der Waals surface area contributed by atoms with Gasteiger partial charge in [0.1, 0.15) is 0 Å². The van der Waals surface area contributed by atoms with E-state index < -0.39 is 5.60 Å². The molecule has 0 bridgehead atoms. The number of hydrogen-bond donors (Lipinski definition) is 1. The predicted molar refractivity (Wildman–Crippen MR) is 26.1 cm³/mol. The van der Waals surface area contributed by atoms with Crippen molar-refractivity contribution in [3.8, 4) is 0 Å². The summed E-state index contributed by atoms with van der Waals surface area (Å²) in [7, 11) is 0. The van der Waals surface area contributed by atoms with Crippen molar-refractivity contribution in [3.63, 3.8) is 0 Å². The van der Waals surface area contributed by atoms with Crippen LogP contribution in [0.15, 0.2) is 0 Å². The normalized spacial score (nSPS) is 42.0. The Morgan fingerprint density at radius 2 is 2.43 bits per heavy atom. The summed E-state index contributed by atoms with van der Waals surface area (Å²) in [5.41, 5.74) is -0.528. The van der Waals surface area contributed by atoms with E-state index in [0.29, 0.717) is 13.2 Å². The Balaban J connectivity index is 2.40. The van der Waals surface area contributed by atoms with E-state index in [4.69, 9.17) is 9.84 Å². The number of ether oxygens (including phenoxy) is 1. The molecule has 42 valence electrons. The van der Waals surface area contributed by atoms with Crippen LogP contribution in [0.4, 0.5) is 0 Å². The highest BCUT2D eigenvalue weighted by molar-refractivity contribution is 4.75. The smallest absolute Gasteiger partial charge is 0.0874 e. The molecule has 0 aromatic rings. The maximum absolute atomic E-state index is 9.07. The standard InChI is InChI=1S/C5H10O2/c1-5(6)2-3-7-4-5/h6H,2-4H2,1H3. The highest BCUT2D eigenvalue weighted by atomic mass is 16.5. The van der Waals surface area contributed by atoms with Crippen molar-refractivity contribution < 1.29 is 9.84 Å². The second-order valence-corrected chi connectivity index (χ2v) is 2.30. The largest absolute Gasteiger partial charge is 0.388 e. The molecule has 0 saturated carbocycles. The molecule has 0 spiro atoms. The van der Waals surface area contributed by atoms with Crippen molar-refractivity contribution in [3.05, 3.63) is 0 Å². The zero-order chi connectivity index (χ0) is 5.33. The van der Waals surface area contributed by atoms with Gasteiger partial charge >= 0.3 is 0 Å². The molecule has 0 aromatic heterocycles. The summed E-state index contributed by atoms with van der Waals surface area (Å²) in [5.74, 6) is 0. The Morgan fingerprint density at radius 3 is 2.57 bits per heavy atom. The van der Waals surface area contributed by atoms with Crippen LogP contribution in [0.3, 0.4) is 0 Å². The molecule has 1 N–H and O–H groups in total. The Kier molecular flexibility index (Phi) is 1.05. The Morgan fingerprint density at radius 1 is 1.71 bits per heavy atom. The Hall–Kier alpha value is -0.0800. The van der Waals surface area contributed by atoms with Crippen molar-refractivity contribution in [2.24, 2.45) is 0 Å². The second kappa shape index (κ2) is 1.46. The average molecular weight is 102 g/mol. The Bertz CT molecular complexity index is 60.5. The Labute approximate surface area is 43.1 Å². The monoisotopic (exact) mass is 102 g/mol. The summed E-state index contributed by atoms with van der Waals surface area (Å²) in [4.78, 5) is 0. The SMILES string of the molecule is CC1(O)CCOC1. The van der Waals surface area contributed by atoms with Crippen LogP contribution in [-0.4, -0.2) is 23.9 Å². The highest BCUT2D eigenvalue weighted by Crippen LogP contribution is 2.15. The predicted octanol–water partition coefficient (Wildman–Crippen LogP) is 0.158. The van der Waals surface area contributed by atoms with Gasteiger partial charge in [-0.1, -0.05) is 0 Å². The van der Waals surface area contributed by atoms with Crippen molar-refractivity contribution in [2.45, 2.75) is 18.9 Å². The average Bonchev–Trinajstić information content (AvgIpc) is 1.84. The summed E-state index contributed by atoms with van der Waals surface area (Å²) in [6.45, 7) is 3.01. The van der Waals surface area contributed by atoms with Gasteiger partial charge in [0.2, 0.25) is 0 Å². The van der Waals surface area contributed by atoms with Crippen LogP contribution in [0.5, 0.6) is 0 Å². The molecule has 1 fully saturated rings. The summed E-state index contributed by atoms with van der Waals surface area (Å²) in [5, 5.41) is 9.07. The summed E-state index contributed by atoms with van der Waals surface area (Å²) >= 11 is 0. The lowest BCUT2D eigenvalue weighted by atomic mass is 10.1. The third-order valence-corrected chi connectivity index (χ3v) is 1.20. The van der Waals surface area contributed by atoms with Crippen LogP contribution in [0, 0.1) is 0 Å². The molecule has 1 rings (SSSR count). The van der Waals surface area contributed by atoms with Crippen LogP contribution < -0.4 is 0 Å². The van der Waals surface area contributed by atoms with Gasteiger partial charge in [0, 0.05) is 13.0 Å². The van der Waals surface area contributed by atoms with Gasteiger partial charge in [-0.15, -0.1) is 0 Å². The first-order valence-corrected chi connectivity index (χ1v) is 2.51. The van der Waals surface area contributed by atoms with Crippen LogP contribution in [-0.2, 0) is 4.74 Å². The lowest BCUT2D eigenvalue weighted by Crippen LogP contribution is -2.22. The lowest BCUT2D eigenvalue weighted by Gasteiger charge is -2.10. The molecule has 0 aromatic carbocycles. The quantitative estimate of drug-likeness (QED) is 0.472. The molecule has 2 heteroatoms. The van der Waals surface area contributed by atoms with Crippen molar-refractivity contribution >= 4 is 0 Å². The number of hydrogen-bond acceptors (Lipinski definition) is 2. The van der Waals surface area contributed by atoms with Crippen molar-refractivity contribution in [2.75, 3.05) is 13.2 Å². The van der Waals surface area contributed by atoms with Crippen LogP contribution in [0.1, 0.15) is 13.3 Å². The summed E-state index contributed by atoms with van der Waals surface area (Å²) in [6, 6.07) is 0. The molecule has 1 heterocycles. The van der Waals surface area contributed by atoms with E-state index in [-0.39, 0.29) is 0 Å². The summed E-state index contributed by atoms with van der Waals surface area (Å²) < 4.78 is 4.91. The molecule has 7 heavy (non-hydrogen) atoms.